The molecule has 0 aromatic heterocycles. The topological polar surface area (TPSA) is 46.3 Å². The monoisotopic (exact) mass is 272 g/mol. The van der Waals surface area contributed by atoms with Crippen LogP contribution in [0.1, 0.15) is 61.9 Å². The molecule has 1 aromatic rings. The highest BCUT2D eigenvalue weighted by atomic mass is 16.2. The Morgan fingerprint density at radius 1 is 1.20 bits per heavy atom. The molecule has 1 fully saturated rings. The van der Waals surface area contributed by atoms with E-state index in [4.69, 9.17) is 5.73 Å². The standard InChI is InChI=1S/C17H24N2O/c1-17(2)11-19(13-6-4-3-5-7-13)16(20)14-10-12(18)8-9-15(14)17/h8-10,13H,3-7,11,18H2,1-2H3. The number of amides is 1. The van der Waals surface area contributed by atoms with Crippen molar-refractivity contribution in [1.29, 1.82) is 0 Å². The summed E-state index contributed by atoms with van der Waals surface area (Å²) < 4.78 is 0. The van der Waals surface area contributed by atoms with Crippen LogP contribution in [-0.4, -0.2) is 23.4 Å². The van der Waals surface area contributed by atoms with Crippen LogP contribution < -0.4 is 5.73 Å². The lowest BCUT2D eigenvalue weighted by atomic mass is 9.76. The molecule has 1 amide bonds. The zero-order chi connectivity index (χ0) is 14.3. The lowest BCUT2D eigenvalue weighted by Gasteiger charge is -2.44. The minimum absolute atomic E-state index is 0.00832. The van der Waals surface area contributed by atoms with Crippen LogP contribution in [-0.2, 0) is 5.41 Å². The SMILES string of the molecule is CC1(C)CN(C2CCCCC2)C(=O)c2cc(N)ccc21. The van der Waals surface area contributed by atoms with Crippen LogP contribution in [0.15, 0.2) is 18.2 Å². The largest absolute Gasteiger partial charge is 0.399 e. The summed E-state index contributed by atoms with van der Waals surface area (Å²) in [7, 11) is 0. The van der Waals surface area contributed by atoms with E-state index in [-0.39, 0.29) is 11.3 Å². The molecule has 1 aliphatic carbocycles. The van der Waals surface area contributed by atoms with E-state index >= 15 is 0 Å². The molecule has 108 valence electrons. The van der Waals surface area contributed by atoms with Gasteiger partial charge in [-0.15, -0.1) is 0 Å². The van der Waals surface area contributed by atoms with Crippen molar-refractivity contribution < 1.29 is 4.79 Å². The van der Waals surface area contributed by atoms with Gasteiger partial charge in [-0.05, 0) is 30.5 Å². The Hall–Kier alpha value is -1.51. The van der Waals surface area contributed by atoms with Gasteiger partial charge in [0, 0.05) is 29.3 Å². The molecule has 2 N–H and O–H groups in total. The van der Waals surface area contributed by atoms with E-state index in [1.165, 1.54) is 19.3 Å². The Labute approximate surface area is 121 Å². The summed E-state index contributed by atoms with van der Waals surface area (Å²) in [5, 5.41) is 0. The molecule has 1 aliphatic heterocycles. The third-order valence-corrected chi connectivity index (χ3v) is 4.85. The predicted molar refractivity (Wildman–Crippen MR) is 81.8 cm³/mol. The second-order valence-electron chi connectivity index (χ2n) is 6.91. The van der Waals surface area contributed by atoms with Crippen molar-refractivity contribution in [2.75, 3.05) is 12.3 Å². The van der Waals surface area contributed by atoms with Gasteiger partial charge in [-0.25, -0.2) is 0 Å². The van der Waals surface area contributed by atoms with Crippen LogP contribution in [0.25, 0.3) is 0 Å². The Morgan fingerprint density at radius 3 is 2.60 bits per heavy atom. The molecule has 3 rings (SSSR count). The average molecular weight is 272 g/mol. The fraction of sp³-hybridized carbons (Fsp3) is 0.588. The average Bonchev–Trinajstić information content (AvgIpc) is 2.43. The van der Waals surface area contributed by atoms with Crippen molar-refractivity contribution in [3.8, 4) is 0 Å². The Bertz CT molecular complexity index is 530. The van der Waals surface area contributed by atoms with Crippen LogP contribution in [0.5, 0.6) is 0 Å². The van der Waals surface area contributed by atoms with Crippen LogP contribution in [0.4, 0.5) is 5.69 Å². The van der Waals surface area contributed by atoms with Crippen molar-refractivity contribution in [1.82, 2.24) is 4.90 Å². The maximum absolute atomic E-state index is 12.8. The molecule has 0 unspecified atom stereocenters. The van der Waals surface area contributed by atoms with Gasteiger partial charge >= 0.3 is 0 Å². The highest BCUT2D eigenvalue weighted by Gasteiger charge is 2.39. The Kier molecular flexibility index (Phi) is 3.23. The molecular formula is C17H24N2O. The van der Waals surface area contributed by atoms with E-state index in [1.54, 1.807) is 0 Å². The highest BCUT2D eigenvalue weighted by Crippen LogP contribution is 2.37. The molecule has 0 atom stereocenters. The lowest BCUT2D eigenvalue weighted by Crippen LogP contribution is -2.51. The van der Waals surface area contributed by atoms with E-state index in [9.17, 15) is 4.79 Å². The molecule has 3 heteroatoms. The molecule has 1 heterocycles. The van der Waals surface area contributed by atoms with Gasteiger partial charge in [0.15, 0.2) is 0 Å². The quantitative estimate of drug-likeness (QED) is 0.797. The number of hydrogen-bond acceptors (Lipinski definition) is 2. The number of nitrogens with two attached hydrogens (primary N) is 1. The second kappa shape index (κ2) is 4.80. The first-order chi connectivity index (χ1) is 9.49. The summed E-state index contributed by atoms with van der Waals surface area (Å²) >= 11 is 0. The van der Waals surface area contributed by atoms with Crippen LogP contribution in [0.2, 0.25) is 0 Å². The first-order valence-corrected chi connectivity index (χ1v) is 7.70. The number of carbonyl (C=O) groups is 1. The van der Waals surface area contributed by atoms with Gasteiger partial charge in [-0.2, -0.15) is 0 Å². The van der Waals surface area contributed by atoms with E-state index in [0.29, 0.717) is 11.7 Å². The van der Waals surface area contributed by atoms with Crippen molar-refractivity contribution in [2.24, 2.45) is 0 Å². The predicted octanol–water partition coefficient (Wildman–Crippen LogP) is 3.33. The fourth-order valence-corrected chi connectivity index (χ4v) is 3.75. The maximum atomic E-state index is 12.8. The minimum Gasteiger partial charge on any atom is -0.399 e. The molecule has 1 aromatic carbocycles. The molecule has 0 bridgehead atoms. The summed E-state index contributed by atoms with van der Waals surface area (Å²) in [5.74, 6) is 0.179. The van der Waals surface area contributed by atoms with Crippen molar-refractivity contribution >= 4 is 11.6 Å². The zero-order valence-electron chi connectivity index (χ0n) is 12.5. The number of nitrogen functional groups attached to an aromatic ring is 1. The lowest BCUT2D eigenvalue weighted by molar-refractivity contribution is 0.0542. The number of nitrogens with zero attached hydrogens (tertiary/aromatic N) is 1. The van der Waals surface area contributed by atoms with Crippen molar-refractivity contribution in [3.63, 3.8) is 0 Å². The molecular weight excluding hydrogens is 248 g/mol. The van der Waals surface area contributed by atoms with E-state index < -0.39 is 0 Å². The van der Waals surface area contributed by atoms with E-state index in [2.05, 4.69) is 18.7 Å². The molecule has 0 saturated heterocycles. The van der Waals surface area contributed by atoms with Crippen molar-refractivity contribution in [3.05, 3.63) is 29.3 Å². The number of rotatable bonds is 1. The zero-order valence-corrected chi connectivity index (χ0v) is 12.5. The summed E-state index contributed by atoms with van der Waals surface area (Å²) in [4.78, 5) is 14.9. The van der Waals surface area contributed by atoms with Gasteiger partial charge in [0.2, 0.25) is 0 Å². The molecule has 1 saturated carbocycles. The Morgan fingerprint density at radius 2 is 1.90 bits per heavy atom. The van der Waals surface area contributed by atoms with Crippen LogP contribution in [0.3, 0.4) is 0 Å². The number of benzene rings is 1. The van der Waals surface area contributed by atoms with Gasteiger partial charge in [0.05, 0.1) is 0 Å². The number of fused-ring (bicyclic) bond motifs is 1. The van der Waals surface area contributed by atoms with E-state index in [1.807, 2.05) is 18.2 Å². The smallest absolute Gasteiger partial charge is 0.254 e. The third-order valence-electron chi connectivity index (χ3n) is 4.85. The minimum atomic E-state index is 0.00832. The van der Waals surface area contributed by atoms with Gasteiger partial charge in [-0.3, -0.25) is 4.79 Å². The molecule has 0 spiro atoms. The first-order valence-electron chi connectivity index (χ1n) is 7.70. The summed E-state index contributed by atoms with van der Waals surface area (Å²) in [5.41, 5.74) is 8.53. The van der Waals surface area contributed by atoms with Gasteiger partial charge in [-0.1, -0.05) is 39.2 Å². The summed E-state index contributed by atoms with van der Waals surface area (Å²) in [6, 6.07) is 6.21. The van der Waals surface area contributed by atoms with Gasteiger partial charge in [0.1, 0.15) is 0 Å². The van der Waals surface area contributed by atoms with Crippen LogP contribution >= 0.6 is 0 Å². The molecule has 0 radical (unpaired) electrons. The van der Waals surface area contributed by atoms with Gasteiger partial charge < -0.3 is 10.6 Å². The number of carbonyl (C=O) groups excluding carboxylic acids is 1. The molecule has 2 aliphatic rings. The summed E-state index contributed by atoms with van der Waals surface area (Å²) in [6.07, 6.45) is 6.11. The fourth-order valence-electron chi connectivity index (χ4n) is 3.75. The van der Waals surface area contributed by atoms with E-state index in [0.717, 1.165) is 30.5 Å². The second-order valence-corrected chi connectivity index (χ2v) is 6.91. The number of hydrogen-bond donors (Lipinski definition) is 1. The molecule has 3 nitrogen and oxygen atoms in total. The maximum Gasteiger partial charge on any atom is 0.254 e. The number of anilines is 1. The highest BCUT2D eigenvalue weighted by molar-refractivity contribution is 5.98. The van der Waals surface area contributed by atoms with Crippen LogP contribution in [0, 0.1) is 0 Å². The molecule has 20 heavy (non-hydrogen) atoms. The van der Waals surface area contributed by atoms with Gasteiger partial charge in [0.25, 0.3) is 5.91 Å². The Balaban J connectivity index is 1.99. The normalized spacial score (nSPS) is 22.7. The first kappa shape index (κ1) is 13.5. The van der Waals surface area contributed by atoms with Crippen molar-refractivity contribution in [2.45, 2.75) is 57.4 Å². The third kappa shape index (κ3) is 2.19. The summed E-state index contributed by atoms with van der Waals surface area (Å²) in [6.45, 7) is 5.28.